The molecule has 1 saturated heterocycles. The van der Waals surface area contributed by atoms with Crippen molar-refractivity contribution in [3.05, 3.63) is 101 Å². The highest BCUT2D eigenvalue weighted by molar-refractivity contribution is 5.50. The number of nitrogens with one attached hydrogen (secondary N) is 1. The van der Waals surface area contributed by atoms with Crippen molar-refractivity contribution in [1.82, 2.24) is 14.7 Å². The first-order chi connectivity index (χ1) is 17.5. The number of benzene rings is 2. The number of aryl methyl sites for hydroxylation is 3. The molecule has 2 aromatic carbocycles. The number of piperidine rings is 1. The number of hydrogen-bond donors (Lipinski definition) is 1. The molecule has 5 nitrogen and oxygen atoms in total. The summed E-state index contributed by atoms with van der Waals surface area (Å²) in [5.74, 6) is 0.683. The quantitative estimate of drug-likeness (QED) is 0.325. The van der Waals surface area contributed by atoms with Crippen molar-refractivity contribution in [2.75, 3.05) is 18.0 Å². The second-order valence-corrected chi connectivity index (χ2v) is 9.17. The van der Waals surface area contributed by atoms with Crippen LogP contribution >= 0.6 is 0 Å². The Hall–Kier alpha value is -3.60. The minimum Gasteiger partial charge on any atom is -0.371 e. The monoisotopic (exact) mass is 484 g/mol. The van der Waals surface area contributed by atoms with Gasteiger partial charge >= 0.3 is 0 Å². The molecule has 36 heavy (non-hydrogen) atoms. The molecular weight excluding hydrogens is 444 g/mol. The number of carbonyl (C=O) groups excluding carboxylic acids is 1. The van der Waals surface area contributed by atoms with Crippen LogP contribution in [0.2, 0.25) is 0 Å². The Balaban J connectivity index is 0.000000231. The van der Waals surface area contributed by atoms with Gasteiger partial charge in [0.2, 0.25) is 6.41 Å². The molecule has 0 bridgehead atoms. The molecule has 1 amide bonds. The molecule has 4 aromatic rings. The Labute approximate surface area is 216 Å². The van der Waals surface area contributed by atoms with Crippen LogP contribution in [0.15, 0.2) is 73.1 Å². The van der Waals surface area contributed by atoms with Crippen LogP contribution in [0.5, 0.6) is 0 Å². The summed E-state index contributed by atoms with van der Waals surface area (Å²) in [6, 6.07) is 21.6. The summed E-state index contributed by atoms with van der Waals surface area (Å²) in [4.78, 5) is 17.0. The summed E-state index contributed by atoms with van der Waals surface area (Å²) < 4.78 is 2.09. The van der Waals surface area contributed by atoms with Gasteiger partial charge in [0, 0.05) is 43.4 Å². The first-order valence-electron chi connectivity index (χ1n) is 13.0. The van der Waals surface area contributed by atoms with Crippen LogP contribution in [-0.4, -0.2) is 28.9 Å². The Kier molecular flexibility index (Phi) is 10.1. The Morgan fingerprint density at radius 3 is 2.17 bits per heavy atom. The molecule has 0 atom stereocenters. The zero-order chi connectivity index (χ0) is 25.9. The highest BCUT2D eigenvalue weighted by Crippen LogP contribution is 2.30. The Morgan fingerprint density at radius 2 is 1.53 bits per heavy atom. The van der Waals surface area contributed by atoms with Crippen LogP contribution < -0.4 is 10.2 Å². The minimum atomic E-state index is 0.597. The molecule has 0 unspecified atom stereocenters. The average molecular weight is 485 g/mol. The molecule has 0 aliphatic carbocycles. The molecule has 5 rings (SSSR count). The van der Waals surface area contributed by atoms with Crippen LogP contribution in [0.1, 0.15) is 60.6 Å². The molecule has 1 fully saturated rings. The van der Waals surface area contributed by atoms with Gasteiger partial charge in [-0.15, -0.1) is 0 Å². The fourth-order valence-corrected chi connectivity index (χ4v) is 4.50. The van der Waals surface area contributed by atoms with Crippen molar-refractivity contribution in [2.24, 2.45) is 0 Å². The summed E-state index contributed by atoms with van der Waals surface area (Å²) in [5, 5.41) is 2.70. The molecule has 0 spiro atoms. The number of amides is 1. The first-order valence-corrected chi connectivity index (χ1v) is 13.0. The zero-order valence-corrected chi connectivity index (χ0v) is 22.4. The molecule has 1 N–H and O–H groups in total. The van der Waals surface area contributed by atoms with Gasteiger partial charge in [0.25, 0.3) is 0 Å². The number of hydrogen-bond acceptors (Lipinski definition) is 3. The fourth-order valence-electron chi connectivity index (χ4n) is 4.50. The number of pyridine rings is 1. The summed E-state index contributed by atoms with van der Waals surface area (Å²) in [5.41, 5.74) is 8.69. The smallest absolute Gasteiger partial charge is 0.207 e. The van der Waals surface area contributed by atoms with Crippen molar-refractivity contribution >= 4 is 17.7 Å². The molecule has 3 heterocycles. The standard InChI is InChI=1S/C20H24N2O.C9H10N2.C2H6/c1-16-2-6-18(7-3-16)19-10-12-22(13-11-19)20-8-4-17(5-9-20)14-21-15-23;1-7-3-4-9-10-5-8(2)11(9)6-7;1-2/h2-9,15,19H,10-14H2,1H3,(H,21,23);3-6H,1-2H3;1-2H3. The lowest BCUT2D eigenvalue weighted by molar-refractivity contribution is -0.109. The van der Waals surface area contributed by atoms with Crippen LogP contribution in [0.25, 0.3) is 5.65 Å². The number of rotatable bonds is 5. The van der Waals surface area contributed by atoms with Gasteiger partial charge in [0.15, 0.2) is 0 Å². The average Bonchev–Trinajstić information content (AvgIpc) is 3.29. The summed E-state index contributed by atoms with van der Waals surface area (Å²) in [7, 11) is 0. The largest absolute Gasteiger partial charge is 0.371 e. The van der Waals surface area contributed by atoms with Crippen molar-refractivity contribution in [3.8, 4) is 0 Å². The molecule has 0 saturated carbocycles. The van der Waals surface area contributed by atoms with Crippen molar-refractivity contribution in [2.45, 2.75) is 59.9 Å². The van der Waals surface area contributed by atoms with Gasteiger partial charge in [-0.2, -0.15) is 0 Å². The minimum absolute atomic E-state index is 0.597. The highest BCUT2D eigenvalue weighted by Gasteiger charge is 2.20. The summed E-state index contributed by atoms with van der Waals surface area (Å²) in [6.45, 7) is 13.1. The van der Waals surface area contributed by atoms with E-state index < -0.39 is 0 Å². The summed E-state index contributed by atoms with van der Waals surface area (Å²) in [6.07, 6.45) is 7.13. The lowest BCUT2D eigenvalue weighted by Gasteiger charge is -2.34. The molecule has 1 aliphatic rings. The van der Waals surface area contributed by atoms with Gasteiger partial charge in [0.1, 0.15) is 5.65 Å². The van der Waals surface area contributed by atoms with E-state index in [9.17, 15) is 4.79 Å². The van der Waals surface area contributed by atoms with Gasteiger partial charge in [-0.1, -0.05) is 61.9 Å². The van der Waals surface area contributed by atoms with Crippen LogP contribution in [-0.2, 0) is 11.3 Å². The van der Waals surface area contributed by atoms with E-state index in [1.54, 1.807) is 0 Å². The maximum absolute atomic E-state index is 10.3. The Morgan fingerprint density at radius 1 is 0.889 bits per heavy atom. The van der Waals surface area contributed by atoms with Crippen molar-refractivity contribution in [3.63, 3.8) is 0 Å². The van der Waals surface area contributed by atoms with Gasteiger partial charge in [-0.25, -0.2) is 4.98 Å². The number of fused-ring (bicyclic) bond motifs is 1. The maximum Gasteiger partial charge on any atom is 0.207 e. The second-order valence-electron chi connectivity index (χ2n) is 9.17. The van der Waals surface area contributed by atoms with E-state index >= 15 is 0 Å². The predicted molar refractivity (Wildman–Crippen MR) is 151 cm³/mol. The lowest BCUT2D eigenvalue weighted by atomic mass is 9.89. The maximum atomic E-state index is 10.3. The Bertz CT molecular complexity index is 1200. The number of nitrogens with zero attached hydrogens (tertiary/aromatic N) is 3. The van der Waals surface area contributed by atoms with Gasteiger partial charge < -0.3 is 14.6 Å². The molecular formula is C31H40N4O. The predicted octanol–water partition coefficient (Wildman–Crippen LogP) is 6.60. The van der Waals surface area contributed by atoms with E-state index in [0.717, 1.165) is 30.7 Å². The lowest BCUT2D eigenvalue weighted by Crippen LogP contribution is -2.32. The van der Waals surface area contributed by atoms with Gasteiger partial charge in [-0.3, -0.25) is 4.79 Å². The number of carbonyl (C=O) groups is 1. The van der Waals surface area contributed by atoms with E-state index in [-0.39, 0.29) is 0 Å². The third-order valence-electron chi connectivity index (χ3n) is 6.57. The molecule has 1 aliphatic heterocycles. The third-order valence-corrected chi connectivity index (χ3v) is 6.57. The van der Waals surface area contributed by atoms with E-state index in [1.165, 1.54) is 40.9 Å². The van der Waals surface area contributed by atoms with Crippen LogP contribution in [0.4, 0.5) is 5.69 Å². The highest BCUT2D eigenvalue weighted by atomic mass is 16.1. The molecule has 0 radical (unpaired) electrons. The zero-order valence-electron chi connectivity index (χ0n) is 22.4. The van der Waals surface area contributed by atoms with Gasteiger partial charge in [-0.05, 0) is 74.4 Å². The summed E-state index contributed by atoms with van der Waals surface area (Å²) >= 11 is 0. The SMILES string of the molecule is CC.Cc1ccc(C2CCN(c3ccc(CNC=O)cc3)CC2)cc1.Cc1ccc2ncc(C)n2c1. The molecule has 190 valence electrons. The third kappa shape index (κ3) is 7.20. The normalized spacial score (nSPS) is 13.3. The first kappa shape index (κ1) is 27.0. The van der Waals surface area contributed by atoms with E-state index in [4.69, 9.17) is 0 Å². The van der Waals surface area contributed by atoms with Crippen LogP contribution in [0.3, 0.4) is 0 Å². The second kappa shape index (κ2) is 13.5. The van der Waals surface area contributed by atoms with Crippen molar-refractivity contribution < 1.29 is 4.79 Å². The number of aromatic nitrogens is 2. The fraction of sp³-hybridized carbons (Fsp3) is 0.355. The topological polar surface area (TPSA) is 49.6 Å². The number of anilines is 1. The van der Waals surface area contributed by atoms with E-state index in [2.05, 4.69) is 101 Å². The molecule has 5 heteroatoms. The molecule has 2 aromatic heterocycles. The van der Waals surface area contributed by atoms with E-state index in [0.29, 0.717) is 12.5 Å². The van der Waals surface area contributed by atoms with Crippen LogP contribution in [0, 0.1) is 20.8 Å². The number of imidazole rings is 1. The van der Waals surface area contributed by atoms with Gasteiger partial charge in [0.05, 0.1) is 0 Å². The van der Waals surface area contributed by atoms with E-state index in [1.807, 2.05) is 26.1 Å². The van der Waals surface area contributed by atoms with Crippen molar-refractivity contribution in [1.29, 1.82) is 0 Å².